The third kappa shape index (κ3) is 1.44. The van der Waals surface area contributed by atoms with Crippen LogP contribution in [0.15, 0.2) is 24.5 Å². The summed E-state index contributed by atoms with van der Waals surface area (Å²) in [5.41, 5.74) is 0. The molecule has 1 saturated carbocycles. The van der Waals surface area contributed by atoms with Gasteiger partial charge in [0.1, 0.15) is 0 Å². The maximum atomic E-state index is 11.9. The molecule has 1 aromatic rings. The second kappa shape index (κ2) is 3.67. The van der Waals surface area contributed by atoms with Gasteiger partial charge in [0.25, 0.3) is 0 Å². The number of carbonyl (C=O) groups excluding carboxylic acids is 1. The van der Waals surface area contributed by atoms with Gasteiger partial charge in [0.15, 0.2) is 0 Å². The SMILES string of the molecule is N#C[C@@H]1CCC[C@H]1C(=O)n1cccc1. The minimum Gasteiger partial charge on any atom is -0.294 e. The highest BCUT2D eigenvalue weighted by Gasteiger charge is 2.33. The van der Waals surface area contributed by atoms with Gasteiger partial charge in [-0.05, 0) is 25.0 Å². The summed E-state index contributed by atoms with van der Waals surface area (Å²) in [7, 11) is 0. The highest BCUT2D eigenvalue weighted by molar-refractivity contribution is 5.82. The van der Waals surface area contributed by atoms with Gasteiger partial charge in [-0.15, -0.1) is 0 Å². The Bertz CT molecular complexity index is 361. The van der Waals surface area contributed by atoms with E-state index in [4.69, 9.17) is 5.26 Å². The molecule has 14 heavy (non-hydrogen) atoms. The summed E-state index contributed by atoms with van der Waals surface area (Å²) < 4.78 is 1.58. The summed E-state index contributed by atoms with van der Waals surface area (Å²) in [6, 6.07) is 5.88. The number of hydrogen-bond donors (Lipinski definition) is 0. The number of aromatic nitrogens is 1. The first-order valence-corrected chi connectivity index (χ1v) is 4.89. The molecule has 0 unspecified atom stereocenters. The van der Waals surface area contributed by atoms with E-state index in [-0.39, 0.29) is 17.7 Å². The highest BCUT2D eigenvalue weighted by atomic mass is 16.2. The first-order valence-electron chi connectivity index (χ1n) is 4.89. The average Bonchev–Trinajstić information content (AvgIpc) is 2.87. The van der Waals surface area contributed by atoms with Gasteiger partial charge < -0.3 is 0 Å². The summed E-state index contributed by atoms with van der Waals surface area (Å²) in [6.45, 7) is 0. The maximum Gasteiger partial charge on any atom is 0.234 e. The summed E-state index contributed by atoms with van der Waals surface area (Å²) >= 11 is 0. The molecule has 0 saturated heterocycles. The lowest BCUT2D eigenvalue weighted by molar-refractivity contribution is 0.0820. The largest absolute Gasteiger partial charge is 0.294 e. The van der Waals surface area contributed by atoms with Crippen molar-refractivity contribution in [1.29, 1.82) is 5.26 Å². The van der Waals surface area contributed by atoms with Crippen molar-refractivity contribution in [3.63, 3.8) is 0 Å². The van der Waals surface area contributed by atoms with Crippen molar-refractivity contribution >= 4 is 5.91 Å². The molecule has 3 nitrogen and oxygen atoms in total. The zero-order chi connectivity index (χ0) is 9.97. The van der Waals surface area contributed by atoms with Gasteiger partial charge in [-0.25, -0.2) is 0 Å². The van der Waals surface area contributed by atoms with Crippen molar-refractivity contribution in [2.45, 2.75) is 19.3 Å². The van der Waals surface area contributed by atoms with Crippen LogP contribution in [0, 0.1) is 23.2 Å². The fraction of sp³-hybridized carbons (Fsp3) is 0.455. The third-order valence-electron chi connectivity index (χ3n) is 2.86. The van der Waals surface area contributed by atoms with Crippen LogP contribution in [0.1, 0.15) is 24.1 Å². The third-order valence-corrected chi connectivity index (χ3v) is 2.86. The van der Waals surface area contributed by atoms with E-state index in [1.807, 2.05) is 12.1 Å². The lowest BCUT2D eigenvalue weighted by atomic mass is 9.97. The predicted molar refractivity (Wildman–Crippen MR) is 51.5 cm³/mol. The highest BCUT2D eigenvalue weighted by Crippen LogP contribution is 2.32. The number of carbonyl (C=O) groups is 1. The van der Waals surface area contributed by atoms with Gasteiger partial charge in [0, 0.05) is 12.4 Å². The molecule has 3 heteroatoms. The molecule has 0 N–H and O–H groups in total. The number of rotatable bonds is 1. The van der Waals surface area contributed by atoms with E-state index in [1.54, 1.807) is 17.0 Å². The van der Waals surface area contributed by atoms with Gasteiger partial charge in [0.05, 0.1) is 17.9 Å². The van der Waals surface area contributed by atoms with Crippen LogP contribution in [-0.2, 0) is 0 Å². The summed E-state index contributed by atoms with van der Waals surface area (Å²) in [4.78, 5) is 11.9. The Labute approximate surface area is 83.0 Å². The lowest BCUT2D eigenvalue weighted by Gasteiger charge is -2.11. The van der Waals surface area contributed by atoms with Crippen LogP contribution in [0.3, 0.4) is 0 Å². The van der Waals surface area contributed by atoms with Crippen molar-refractivity contribution in [3.05, 3.63) is 24.5 Å². The first kappa shape index (κ1) is 9.01. The zero-order valence-corrected chi connectivity index (χ0v) is 7.89. The Morgan fingerprint density at radius 2 is 2.07 bits per heavy atom. The van der Waals surface area contributed by atoms with E-state index in [2.05, 4.69) is 6.07 Å². The molecule has 72 valence electrons. The maximum absolute atomic E-state index is 11.9. The fourth-order valence-electron chi connectivity index (χ4n) is 2.08. The molecule has 0 radical (unpaired) electrons. The summed E-state index contributed by atoms with van der Waals surface area (Å²) in [5.74, 6) is -0.101. The van der Waals surface area contributed by atoms with E-state index in [0.717, 1.165) is 19.3 Å². The molecule has 0 aromatic carbocycles. The van der Waals surface area contributed by atoms with Crippen LogP contribution in [0.2, 0.25) is 0 Å². The molecule has 1 fully saturated rings. The Hall–Kier alpha value is -1.56. The number of nitrogens with zero attached hydrogens (tertiary/aromatic N) is 2. The topological polar surface area (TPSA) is 45.8 Å². The van der Waals surface area contributed by atoms with Crippen LogP contribution in [-0.4, -0.2) is 10.5 Å². The molecule has 2 rings (SSSR count). The summed E-state index contributed by atoms with van der Waals surface area (Å²) in [6.07, 6.45) is 6.21. The molecular formula is C11H12N2O. The molecule has 0 aliphatic heterocycles. The minimum atomic E-state index is -0.0904. The minimum absolute atomic E-state index is 0.0686. The van der Waals surface area contributed by atoms with Gasteiger partial charge in [-0.3, -0.25) is 9.36 Å². The molecule has 0 spiro atoms. The fourth-order valence-corrected chi connectivity index (χ4v) is 2.08. The standard InChI is InChI=1S/C11H12N2O/c12-8-9-4-3-5-10(9)11(14)13-6-1-2-7-13/h1-2,6-7,9-10H,3-5H2/t9-,10+/m0/s1. The quantitative estimate of drug-likeness (QED) is 0.677. The zero-order valence-electron chi connectivity index (χ0n) is 7.89. The van der Waals surface area contributed by atoms with E-state index in [9.17, 15) is 4.79 Å². The Morgan fingerprint density at radius 1 is 1.36 bits per heavy atom. The van der Waals surface area contributed by atoms with Crippen LogP contribution in [0.5, 0.6) is 0 Å². The molecule has 1 heterocycles. The van der Waals surface area contributed by atoms with Crippen LogP contribution >= 0.6 is 0 Å². The Kier molecular flexibility index (Phi) is 2.36. The molecule has 2 atom stereocenters. The molecule has 0 bridgehead atoms. The van der Waals surface area contributed by atoms with Gasteiger partial charge in [-0.1, -0.05) is 6.42 Å². The molecule has 0 amide bonds. The predicted octanol–water partition coefficient (Wildman–Crippen LogP) is 2.07. The number of nitriles is 1. The van der Waals surface area contributed by atoms with E-state index < -0.39 is 0 Å². The van der Waals surface area contributed by atoms with Crippen molar-refractivity contribution in [3.8, 4) is 6.07 Å². The Morgan fingerprint density at radius 3 is 2.71 bits per heavy atom. The first-order chi connectivity index (χ1) is 6.83. The van der Waals surface area contributed by atoms with Gasteiger partial charge in [0.2, 0.25) is 5.91 Å². The van der Waals surface area contributed by atoms with Crippen molar-refractivity contribution in [2.75, 3.05) is 0 Å². The number of hydrogen-bond acceptors (Lipinski definition) is 2. The monoisotopic (exact) mass is 188 g/mol. The van der Waals surface area contributed by atoms with Gasteiger partial charge in [-0.2, -0.15) is 5.26 Å². The molecule has 1 aliphatic rings. The second-order valence-corrected chi connectivity index (χ2v) is 3.70. The normalized spacial score (nSPS) is 25.9. The van der Waals surface area contributed by atoms with Crippen molar-refractivity contribution < 1.29 is 4.79 Å². The van der Waals surface area contributed by atoms with E-state index in [0.29, 0.717) is 0 Å². The molecular weight excluding hydrogens is 176 g/mol. The smallest absolute Gasteiger partial charge is 0.234 e. The van der Waals surface area contributed by atoms with Crippen LogP contribution < -0.4 is 0 Å². The Balaban J connectivity index is 2.16. The second-order valence-electron chi connectivity index (χ2n) is 3.70. The molecule has 1 aliphatic carbocycles. The molecule has 1 aromatic heterocycles. The van der Waals surface area contributed by atoms with Crippen molar-refractivity contribution in [1.82, 2.24) is 4.57 Å². The van der Waals surface area contributed by atoms with Crippen molar-refractivity contribution in [2.24, 2.45) is 11.8 Å². The summed E-state index contributed by atoms with van der Waals surface area (Å²) in [5, 5.41) is 8.87. The van der Waals surface area contributed by atoms with Crippen LogP contribution in [0.4, 0.5) is 0 Å². The van der Waals surface area contributed by atoms with Gasteiger partial charge >= 0.3 is 0 Å². The lowest BCUT2D eigenvalue weighted by Crippen LogP contribution is -2.23. The van der Waals surface area contributed by atoms with Crippen LogP contribution in [0.25, 0.3) is 0 Å². The van der Waals surface area contributed by atoms with E-state index in [1.165, 1.54) is 0 Å². The van der Waals surface area contributed by atoms with E-state index >= 15 is 0 Å². The average molecular weight is 188 g/mol.